The summed E-state index contributed by atoms with van der Waals surface area (Å²) in [5.41, 5.74) is 4.42. The number of halogens is 1. The molecule has 0 aliphatic heterocycles. The van der Waals surface area contributed by atoms with Crippen LogP contribution in [-0.2, 0) is 27.3 Å². The van der Waals surface area contributed by atoms with Crippen LogP contribution in [0.4, 0.5) is 4.39 Å². The molecule has 0 saturated heterocycles. The fourth-order valence-corrected chi connectivity index (χ4v) is 2.86. The maximum atomic E-state index is 12.9. The number of hydrogen-bond acceptors (Lipinski definition) is 4. The summed E-state index contributed by atoms with van der Waals surface area (Å²) in [7, 11) is 0. The van der Waals surface area contributed by atoms with Gasteiger partial charge in [0, 0.05) is 17.5 Å². The predicted molar refractivity (Wildman–Crippen MR) is 103 cm³/mol. The number of fused-ring (bicyclic) bond motifs is 1. The minimum absolute atomic E-state index is 0.0189. The van der Waals surface area contributed by atoms with Crippen LogP contribution in [0.1, 0.15) is 29.2 Å². The van der Waals surface area contributed by atoms with Gasteiger partial charge < -0.3 is 14.5 Å². The molecule has 0 saturated carbocycles. The summed E-state index contributed by atoms with van der Waals surface area (Å²) in [6, 6.07) is 9.73. The Bertz CT molecular complexity index is 1010. The van der Waals surface area contributed by atoms with Gasteiger partial charge in [0.2, 0.25) is 0 Å². The zero-order valence-corrected chi connectivity index (χ0v) is 16.0. The van der Waals surface area contributed by atoms with Crippen molar-refractivity contribution in [2.45, 2.75) is 39.8 Å². The Hall–Kier alpha value is -3.15. The Balaban J connectivity index is 1.56. The van der Waals surface area contributed by atoms with Crippen molar-refractivity contribution < 1.29 is 23.1 Å². The van der Waals surface area contributed by atoms with Gasteiger partial charge in [-0.1, -0.05) is 12.1 Å². The summed E-state index contributed by atoms with van der Waals surface area (Å²) in [4.78, 5) is 24.4. The molecule has 146 valence electrons. The van der Waals surface area contributed by atoms with Crippen molar-refractivity contribution in [3.8, 4) is 0 Å². The molecule has 1 amide bonds. The number of hydrogen-bond donors (Lipinski definition) is 1. The third-order valence-corrected chi connectivity index (χ3v) is 4.66. The molecular weight excluding hydrogens is 361 g/mol. The van der Waals surface area contributed by atoms with Crippen LogP contribution in [0, 0.1) is 19.7 Å². The fourth-order valence-electron chi connectivity index (χ4n) is 2.86. The van der Waals surface area contributed by atoms with E-state index in [1.165, 1.54) is 19.1 Å². The molecule has 0 radical (unpaired) electrons. The second-order valence-electron chi connectivity index (χ2n) is 6.85. The second-order valence-corrected chi connectivity index (χ2v) is 6.85. The molecule has 0 aliphatic rings. The predicted octanol–water partition coefficient (Wildman–Crippen LogP) is 3.98. The largest absolute Gasteiger partial charge is 0.464 e. The van der Waals surface area contributed by atoms with E-state index in [4.69, 9.17) is 9.15 Å². The summed E-state index contributed by atoms with van der Waals surface area (Å²) in [6.07, 6.45) is 0.630. The number of amides is 1. The molecule has 1 N–H and O–H groups in total. The maximum Gasteiger partial charge on any atom is 0.311 e. The Morgan fingerprint density at radius 1 is 1.14 bits per heavy atom. The number of rotatable bonds is 6. The SMILES string of the molecule is Cc1cc2occ(CC(=O)O[C@H](C)C(=O)NCc3ccc(F)cc3)c2cc1C. The average Bonchev–Trinajstić information content (AvgIpc) is 3.02. The zero-order valence-electron chi connectivity index (χ0n) is 16.0. The summed E-state index contributed by atoms with van der Waals surface area (Å²) in [5.74, 6) is -1.26. The van der Waals surface area contributed by atoms with Crippen LogP contribution >= 0.6 is 0 Å². The zero-order chi connectivity index (χ0) is 20.3. The third kappa shape index (κ3) is 4.57. The number of aryl methyl sites for hydroxylation is 2. The summed E-state index contributed by atoms with van der Waals surface area (Å²) in [6.45, 7) is 5.74. The highest BCUT2D eigenvalue weighted by Crippen LogP contribution is 2.25. The number of nitrogens with one attached hydrogen (secondary N) is 1. The summed E-state index contributed by atoms with van der Waals surface area (Å²) >= 11 is 0. The lowest BCUT2D eigenvalue weighted by Crippen LogP contribution is -2.35. The van der Waals surface area contributed by atoms with Gasteiger partial charge in [-0.3, -0.25) is 9.59 Å². The molecule has 1 atom stereocenters. The molecular formula is C22H22FNO4. The molecule has 1 aromatic heterocycles. The van der Waals surface area contributed by atoms with Gasteiger partial charge in [-0.05, 0) is 61.7 Å². The maximum absolute atomic E-state index is 12.9. The lowest BCUT2D eigenvalue weighted by Gasteiger charge is -2.13. The standard InChI is InChI=1S/C22H22FNO4/c1-13-8-19-17(12-27-20(19)9-14(13)2)10-21(25)28-15(3)22(26)24-11-16-4-6-18(23)7-5-16/h4-9,12,15H,10-11H2,1-3H3,(H,24,26)/t15-/m1/s1. The first kappa shape index (κ1) is 19.6. The van der Waals surface area contributed by atoms with Gasteiger partial charge in [0.25, 0.3) is 5.91 Å². The van der Waals surface area contributed by atoms with Crippen LogP contribution in [0.3, 0.4) is 0 Å². The van der Waals surface area contributed by atoms with E-state index >= 15 is 0 Å². The first-order chi connectivity index (χ1) is 13.3. The van der Waals surface area contributed by atoms with E-state index in [0.717, 1.165) is 33.2 Å². The molecule has 0 spiro atoms. The van der Waals surface area contributed by atoms with Crippen LogP contribution < -0.4 is 5.32 Å². The number of furan rings is 1. The molecule has 0 unspecified atom stereocenters. The van der Waals surface area contributed by atoms with Crippen molar-refractivity contribution in [1.82, 2.24) is 5.32 Å². The topological polar surface area (TPSA) is 68.5 Å². The van der Waals surface area contributed by atoms with E-state index in [-0.39, 0.29) is 18.8 Å². The smallest absolute Gasteiger partial charge is 0.311 e. The van der Waals surface area contributed by atoms with E-state index in [0.29, 0.717) is 0 Å². The molecule has 0 fully saturated rings. The van der Waals surface area contributed by atoms with Crippen molar-refractivity contribution in [3.63, 3.8) is 0 Å². The van der Waals surface area contributed by atoms with E-state index in [9.17, 15) is 14.0 Å². The van der Waals surface area contributed by atoms with Crippen molar-refractivity contribution >= 4 is 22.8 Å². The van der Waals surface area contributed by atoms with E-state index in [2.05, 4.69) is 5.32 Å². The number of ether oxygens (including phenoxy) is 1. The average molecular weight is 383 g/mol. The monoisotopic (exact) mass is 383 g/mol. The molecule has 1 heterocycles. The highest BCUT2D eigenvalue weighted by molar-refractivity contribution is 5.88. The van der Waals surface area contributed by atoms with Crippen molar-refractivity contribution in [3.05, 3.63) is 70.7 Å². The van der Waals surface area contributed by atoms with Gasteiger partial charge in [-0.2, -0.15) is 0 Å². The van der Waals surface area contributed by atoms with Gasteiger partial charge in [-0.15, -0.1) is 0 Å². The van der Waals surface area contributed by atoms with Crippen molar-refractivity contribution in [2.24, 2.45) is 0 Å². The Morgan fingerprint density at radius 2 is 1.82 bits per heavy atom. The van der Waals surface area contributed by atoms with Crippen LogP contribution in [0.15, 0.2) is 47.1 Å². The molecule has 0 aliphatic carbocycles. The van der Waals surface area contributed by atoms with Gasteiger partial charge >= 0.3 is 5.97 Å². The molecule has 5 nitrogen and oxygen atoms in total. The van der Waals surface area contributed by atoms with Crippen molar-refractivity contribution in [1.29, 1.82) is 0 Å². The Kier molecular flexibility index (Phi) is 5.78. The summed E-state index contributed by atoms with van der Waals surface area (Å²) < 4.78 is 23.7. The highest BCUT2D eigenvalue weighted by Gasteiger charge is 2.19. The number of esters is 1. The first-order valence-corrected chi connectivity index (χ1v) is 9.02. The van der Waals surface area contributed by atoms with E-state index in [1.807, 2.05) is 26.0 Å². The van der Waals surface area contributed by atoms with Gasteiger partial charge in [0.05, 0.1) is 12.7 Å². The van der Waals surface area contributed by atoms with Crippen LogP contribution in [0.5, 0.6) is 0 Å². The molecule has 28 heavy (non-hydrogen) atoms. The fraction of sp³-hybridized carbons (Fsp3) is 0.273. The normalized spacial score (nSPS) is 12.0. The summed E-state index contributed by atoms with van der Waals surface area (Å²) in [5, 5.41) is 3.54. The van der Waals surface area contributed by atoms with Crippen LogP contribution in [0.25, 0.3) is 11.0 Å². The first-order valence-electron chi connectivity index (χ1n) is 9.02. The quantitative estimate of drug-likeness (QED) is 0.654. The van der Waals surface area contributed by atoms with Crippen LogP contribution in [-0.4, -0.2) is 18.0 Å². The number of benzene rings is 2. The Morgan fingerprint density at radius 3 is 2.54 bits per heavy atom. The highest BCUT2D eigenvalue weighted by atomic mass is 19.1. The molecule has 3 aromatic rings. The molecule has 2 aromatic carbocycles. The minimum atomic E-state index is -0.935. The van der Waals surface area contributed by atoms with E-state index < -0.39 is 18.0 Å². The second kappa shape index (κ2) is 8.25. The van der Waals surface area contributed by atoms with E-state index in [1.54, 1.807) is 18.4 Å². The number of carbonyl (C=O) groups excluding carboxylic acids is 2. The van der Waals surface area contributed by atoms with Gasteiger partial charge in [0.15, 0.2) is 6.10 Å². The van der Waals surface area contributed by atoms with Gasteiger partial charge in [0.1, 0.15) is 11.4 Å². The lowest BCUT2D eigenvalue weighted by molar-refractivity contribution is -0.154. The lowest BCUT2D eigenvalue weighted by atomic mass is 10.0. The van der Waals surface area contributed by atoms with Gasteiger partial charge in [-0.25, -0.2) is 4.39 Å². The third-order valence-electron chi connectivity index (χ3n) is 4.66. The van der Waals surface area contributed by atoms with Crippen molar-refractivity contribution in [2.75, 3.05) is 0 Å². The van der Waals surface area contributed by atoms with Crippen LogP contribution in [0.2, 0.25) is 0 Å². The molecule has 0 bridgehead atoms. The minimum Gasteiger partial charge on any atom is -0.464 e. The number of carbonyl (C=O) groups is 2. The molecule has 6 heteroatoms. The Labute approximate surface area is 162 Å². The molecule has 3 rings (SSSR count).